The fraction of sp³-hybridized carbons (Fsp3) is 0.0769. The number of hydrogen-bond donors (Lipinski definition) is 1. The first-order valence-electron chi connectivity index (χ1n) is 5.05. The molecule has 0 radical (unpaired) electrons. The summed E-state index contributed by atoms with van der Waals surface area (Å²) in [6.07, 6.45) is 11.6. The zero-order chi connectivity index (χ0) is 12.3. The van der Waals surface area contributed by atoms with Crippen molar-refractivity contribution in [2.24, 2.45) is 7.05 Å². The van der Waals surface area contributed by atoms with E-state index < -0.39 is 0 Å². The number of nitrogens with one attached hydrogen (secondary N) is 1. The molecule has 0 amide bonds. The Bertz CT molecular complexity index is 703. The van der Waals surface area contributed by atoms with Crippen LogP contribution in [0.25, 0.3) is 6.08 Å². The van der Waals surface area contributed by atoms with Crippen molar-refractivity contribution in [2.45, 2.75) is 0 Å². The van der Waals surface area contributed by atoms with Gasteiger partial charge in [0.15, 0.2) is 5.69 Å². The molecular formula is C13H10N4. The van der Waals surface area contributed by atoms with E-state index in [4.69, 9.17) is 10.7 Å². The van der Waals surface area contributed by atoms with Crippen LogP contribution in [0.1, 0.15) is 5.69 Å². The average molecular weight is 222 g/mol. The van der Waals surface area contributed by atoms with Crippen LogP contribution < -0.4 is 10.8 Å². The lowest BCUT2D eigenvalue weighted by atomic mass is 10.3. The molecule has 0 aromatic carbocycles. The molecule has 0 spiro atoms. The zero-order valence-electron chi connectivity index (χ0n) is 9.31. The Morgan fingerprint density at radius 3 is 2.59 bits per heavy atom. The first-order valence-corrected chi connectivity index (χ1v) is 5.05. The van der Waals surface area contributed by atoms with E-state index in [2.05, 4.69) is 10.9 Å². The van der Waals surface area contributed by atoms with Crippen molar-refractivity contribution in [1.82, 2.24) is 9.55 Å². The monoisotopic (exact) mass is 222 g/mol. The number of hydrogen-bond acceptors (Lipinski definition) is 3. The third-order valence-electron chi connectivity index (χ3n) is 2.47. The number of aromatic nitrogens is 2. The summed E-state index contributed by atoms with van der Waals surface area (Å²) in [5.41, 5.74) is 1.94. The van der Waals surface area contributed by atoms with Crippen LogP contribution in [0, 0.1) is 16.7 Å². The SMILES string of the molecule is Cn1c(=C=N)c(C#N)n/c1=C/C=C1C=CC=C1. The summed E-state index contributed by atoms with van der Waals surface area (Å²) in [5, 5.41) is 16.4. The van der Waals surface area contributed by atoms with Gasteiger partial charge in [-0.25, -0.2) is 4.98 Å². The summed E-state index contributed by atoms with van der Waals surface area (Å²) in [5.74, 6) is 2.22. The molecule has 0 bridgehead atoms. The molecule has 1 aliphatic carbocycles. The van der Waals surface area contributed by atoms with Gasteiger partial charge in [0.25, 0.3) is 0 Å². The Morgan fingerprint density at radius 2 is 2.06 bits per heavy atom. The minimum atomic E-state index is 0.227. The molecule has 1 aromatic heterocycles. The van der Waals surface area contributed by atoms with Crippen LogP contribution in [0.4, 0.5) is 0 Å². The van der Waals surface area contributed by atoms with Gasteiger partial charge < -0.3 is 4.57 Å². The highest BCUT2D eigenvalue weighted by Gasteiger charge is 2.02. The summed E-state index contributed by atoms with van der Waals surface area (Å²) >= 11 is 0. The summed E-state index contributed by atoms with van der Waals surface area (Å²) < 4.78 is 1.67. The van der Waals surface area contributed by atoms with E-state index in [0.29, 0.717) is 10.8 Å². The second-order valence-electron chi connectivity index (χ2n) is 3.51. The predicted octanol–water partition coefficient (Wildman–Crippen LogP) is 0.0448. The molecule has 0 fully saturated rings. The topological polar surface area (TPSA) is 65.5 Å². The van der Waals surface area contributed by atoms with Crippen molar-refractivity contribution in [1.29, 1.82) is 10.7 Å². The third kappa shape index (κ3) is 2.00. The fourth-order valence-corrected chi connectivity index (χ4v) is 1.56. The Morgan fingerprint density at radius 1 is 1.35 bits per heavy atom. The normalized spacial score (nSPS) is 13.9. The van der Waals surface area contributed by atoms with Gasteiger partial charge in [-0.05, 0) is 11.6 Å². The van der Waals surface area contributed by atoms with Crippen molar-refractivity contribution in [3.8, 4) is 6.07 Å². The molecule has 0 unspecified atom stereocenters. The molecule has 82 valence electrons. The van der Waals surface area contributed by atoms with Crippen LogP contribution in [0.2, 0.25) is 0 Å². The van der Waals surface area contributed by atoms with Crippen LogP contribution in [0.3, 0.4) is 0 Å². The number of imidazole rings is 1. The molecule has 1 aliphatic rings. The van der Waals surface area contributed by atoms with Gasteiger partial charge in [0.2, 0.25) is 0 Å². The van der Waals surface area contributed by atoms with E-state index in [9.17, 15) is 0 Å². The number of rotatable bonds is 1. The molecule has 0 atom stereocenters. The molecule has 0 saturated heterocycles. The van der Waals surface area contributed by atoms with Crippen LogP contribution in [-0.2, 0) is 7.05 Å². The molecular weight excluding hydrogens is 212 g/mol. The minimum absolute atomic E-state index is 0.227. The lowest BCUT2D eigenvalue weighted by molar-refractivity contribution is 0.845. The van der Waals surface area contributed by atoms with E-state index in [-0.39, 0.29) is 5.69 Å². The van der Waals surface area contributed by atoms with Gasteiger partial charge in [-0.3, -0.25) is 5.41 Å². The quantitative estimate of drug-likeness (QED) is 0.682. The molecule has 4 heteroatoms. The molecule has 1 N–H and O–H groups in total. The van der Waals surface area contributed by atoms with Gasteiger partial charge in [-0.1, -0.05) is 30.4 Å². The summed E-state index contributed by atoms with van der Waals surface area (Å²) in [4.78, 5) is 4.13. The van der Waals surface area contributed by atoms with E-state index in [1.807, 2.05) is 42.5 Å². The summed E-state index contributed by atoms with van der Waals surface area (Å²) in [7, 11) is 1.76. The summed E-state index contributed by atoms with van der Waals surface area (Å²) in [6.45, 7) is 0. The smallest absolute Gasteiger partial charge is 0.176 e. The van der Waals surface area contributed by atoms with Crippen LogP contribution >= 0.6 is 0 Å². The second-order valence-corrected chi connectivity index (χ2v) is 3.51. The lowest BCUT2D eigenvalue weighted by Crippen LogP contribution is -2.25. The number of nitrogens with zero attached hydrogens (tertiary/aromatic N) is 3. The minimum Gasteiger partial charge on any atom is -0.319 e. The van der Waals surface area contributed by atoms with Crippen molar-refractivity contribution in [3.05, 3.63) is 52.5 Å². The van der Waals surface area contributed by atoms with Gasteiger partial charge in [0, 0.05) is 12.9 Å². The molecule has 4 nitrogen and oxygen atoms in total. The van der Waals surface area contributed by atoms with Crippen LogP contribution in [-0.4, -0.2) is 15.4 Å². The standard InChI is InChI=1S/C13H10N4/c1-17-12(9-15)11(8-14)16-13(17)7-6-10-4-2-3-5-10/h2-7,15H,1H3/b13-7-. The van der Waals surface area contributed by atoms with Crippen molar-refractivity contribution >= 4 is 11.9 Å². The highest BCUT2D eigenvalue weighted by atomic mass is 15.0. The maximum atomic E-state index is 8.87. The highest BCUT2D eigenvalue weighted by Crippen LogP contribution is 2.06. The first kappa shape index (κ1) is 10.9. The zero-order valence-corrected chi connectivity index (χ0v) is 9.31. The molecule has 2 rings (SSSR count). The molecule has 0 saturated carbocycles. The molecule has 1 aromatic rings. The van der Waals surface area contributed by atoms with Gasteiger partial charge in [0.05, 0.1) is 0 Å². The molecule has 1 heterocycles. The van der Waals surface area contributed by atoms with E-state index >= 15 is 0 Å². The van der Waals surface area contributed by atoms with Crippen molar-refractivity contribution in [2.75, 3.05) is 0 Å². The fourth-order valence-electron chi connectivity index (χ4n) is 1.56. The molecule has 17 heavy (non-hydrogen) atoms. The van der Waals surface area contributed by atoms with Gasteiger partial charge in [-0.15, -0.1) is 0 Å². The Hall–Kier alpha value is -2.63. The van der Waals surface area contributed by atoms with Crippen molar-refractivity contribution in [3.63, 3.8) is 0 Å². The molecule has 0 aliphatic heterocycles. The second kappa shape index (κ2) is 4.48. The maximum Gasteiger partial charge on any atom is 0.176 e. The van der Waals surface area contributed by atoms with Crippen molar-refractivity contribution < 1.29 is 0 Å². The Balaban J connectivity index is 2.59. The summed E-state index contributed by atoms with van der Waals surface area (Å²) in [6, 6.07) is 1.95. The number of allylic oxidation sites excluding steroid dienone is 6. The van der Waals surface area contributed by atoms with E-state index in [1.54, 1.807) is 11.6 Å². The maximum absolute atomic E-state index is 8.87. The van der Waals surface area contributed by atoms with E-state index in [0.717, 1.165) is 5.57 Å². The largest absolute Gasteiger partial charge is 0.319 e. The third-order valence-corrected chi connectivity index (χ3v) is 2.47. The van der Waals surface area contributed by atoms with Gasteiger partial charge >= 0.3 is 0 Å². The average Bonchev–Trinajstić information content (AvgIpc) is 2.94. The van der Waals surface area contributed by atoms with E-state index in [1.165, 1.54) is 0 Å². The lowest BCUT2D eigenvalue weighted by Gasteiger charge is -1.88. The Kier molecular flexibility index (Phi) is 2.87. The van der Waals surface area contributed by atoms with Gasteiger partial charge in [0.1, 0.15) is 16.9 Å². The van der Waals surface area contributed by atoms with Crippen LogP contribution in [0.5, 0.6) is 0 Å². The first-order chi connectivity index (χ1) is 8.26. The number of nitriles is 1. The van der Waals surface area contributed by atoms with Gasteiger partial charge in [-0.2, -0.15) is 5.26 Å². The van der Waals surface area contributed by atoms with Crippen LogP contribution in [0.15, 0.2) is 36.0 Å². The highest BCUT2D eigenvalue weighted by molar-refractivity contribution is 5.52. The Labute approximate surface area is 98.3 Å². The predicted molar refractivity (Wildman–Crippen MR) is 64.8 cm³/mol.